The van der Waals surface area contributed by atoms with Crippen LogP contribution in [0.15, 0.2) is 60.7 Å². The van der Waals surface area contributed by atoms with E-state index in [0.717, 1.165) is 11.1 Å². The molecule has 2 aromatic carbocycles. The molecule has 2 amide bonds. The van der Waals surface area contributed by atoms with Crippen molar-refractivity contribution >= 4 is 6.03 Å². The van der Waals surface area contributed by atoms with Gasteiger partial charge in [0.25, 0.3) is 0 Å². The fraction of sp³-hybridized carbons (Fsp3) is 0.350. The second kappa shape index (κ2) is 9.08. The van der Waals surface area contributed by atoms with E-state index in [4.69, 9.17) is 0 Å². The number of aliphatic hydroxyl groups excluding tert-OH is 1. The SMILES string of the molecule is CC(C)C(NC(=O)N(CCO)Cc1ccccc1)c1ccccc1. The highest BCUT2D eigenvalue weighted by Crippen LogP contribution is 2.21. The summed E-state index contributed by atoms with van der Waals surface area (Å²) >= 11 is 0. The van der Waals surface area contributed by atoms with E-state index in [1.54, 1.807) is 4.90 Å². The van der Waals surface area contributed by atoms with Gasteiger partial charge in [0.05, 0.1) is 12.6 Å². The van der Waals surface area contributed by atoms with Gasteiger partial charge in [-0.25, -0.2) is 4.79 Å². The Hall–Kier alpha value is -2.33. The van der Waals surface area contributed by atoms with E-state index in [-0.39, 0.29) is 24.6 Å². The molecule has 2 N–H and O–H groups in total. The number of hydrogen-bond acceptors (Lipinski definition) is 2. The topological polar surface area (TPSA) is 52.6 Å². The molecule has 1 atom stereocenters. The van der Waals surface area contributed by atoms with Crippen molar-refractivity contribution in [3.63, 3.8) is 0 Å². The number of nitrogens with zero attached hydrogens (tertiary/aromatic N) is 1. The van der Waals surface area contributed by atoms with Crippen molar-refractivity contribution in [1.82, 2.24) is 10.2 Å². The van der Waals surface area contributed by atoms with E-state index in [0.29, 0.717) is 13.1 Å². The number of carbonyl (C=O) groups excluding carboxylic acids is 1. The summed E-state index contributed by atoms with van der Waals surface area (Å²) in [6, 6.07) is 19.6. The highest BCUT2D eigenvalue weighted by molar-refractivity contribution is 5.74. The molecule has 0 aliphatic rings. The van der Waals surface area contributed by atoms with Crippen LogP contribution in [0.2, 0.25) is 0 Å². The van der Waals surface area contributed by atoms with Gasteiger partial charge in [-0.2, -0.15) is 0 Å². The van der Waals surface area contributed by atoms with E-state index >= 15 is 0 Å². The molecule has 4 nitrogen and oxygen atoms in total. The second-order valence-corrected chi connectivity index (χ2v) is 6.21. The first-order valence-electron chi connectivity index (χ1n) is 8.37. The van der Waals surface area contributed by atoms with E-state index in [1.807, 2.05) is 60.7 Å². The molecule has 128 valence electrons. The molecule has 0 bridgehead atoms. The predicted octanol–water partition coefficient (Wildman–Crippen LogP) is 3.59. The number of hydrogen-bond donors (Lipinski definition) is 2. The Morgan fingerprint density at radius 3 is 2.17 bits per heavy atom. The largest absolute Gasteiger partial charge is 0.395 e. The van der Waals surface area contributed by atoms with Gasteiger partial charge in [-0.15, -0.1) is 0 Å². The molecule has 0 fully saturated rings. The molecule has 0 aliphatic carbocycles. The fourth-order valence-electron chi connectivity index (χ4n) is 2.70. The molecule has 0 aliphatic heterocycles. The van der Waals surface area contributed by atoms with Gasteiger partial charge in [0.15, 0.2) is 0 Å². The molecular formula is C20H26N2O2. The highest BCUT2D eigenvalue weighted by atomic mass is 16.3. The average Bonchev–Trinajstić information content (AvgIpc) is 2.60. The van der Waals surface area contributed by atoms with Crippen LogP contribution in [-0.2, 0) is 6.54 Å². The number of amides is 2. The predicted molar refractivity (Wildman–Crippen MR) is 96.5 cm³/mol. The molecule has 0 saturated heterocycles. The van der Waals surface area contributed by atoms with Crippen molar-refractivity contribution in [3.8, 4) is 0 Å². The summed E-state index contributed by atoms with van der Waals surface area (Å²) in [5.74, 6) is 0.268. The van der Waals surface area contributed by atoms with Gasteiger partial charge in [0.1, 0.15) is 0 Å². The summed E-state index contributed by atoms with van der Waals surface area (Å²) in [4.78, 5) is 14.4. The minimum Gasteiger partial charge on any atom is -0.395 e. The van der Waals surface area contributed by atoms with Crippen LogP contribution in [0.25, 0.3) is 0 Å². The normalized spacial score (nSPS) is 12.0. The summed E-state index contributed by atoms with van der Waals surface area (Å²) in [5.41, 5.74) is 2.13. The molecule has 0 saturated carbocycles. The summed E-state index contributed by atoms with van der Waals surface area (Å²) in [6.45, 7) is 4.90. The Bertz CT molecular complexity index is 614. The first-order chi connectivity index (χ1) is 11.6. The monoisotopic (exact) mass is 326 g/mol. The maximum Gasteiger partial charge on any atom is 0.318 e. The lowest BCUT2D eigenvalue weighted by atomic mass is 9.96. The van der Waals surface area contributed by atoms with Crippen molar-refractivity contribution in [2.45, 2.75) is 26.4 Å². The van der Waals surface area contributed by atoms with Crippen LogP contribution < -0.4 is 5.32 Å². The van der Waals surface area contributed by atoms with E-state index in [9.17, 15) is 9.90 Å². The van der Waals surface area contributed by atoms with Crippen LogP contribution >= 0.6 is 0 Å². The third kappa shape index (κ3) is 5.10. The molecule has 0 heterocycles. The molecular weight excluding hydrogens is 300 g/mol. The number of carbonyl (C=O) groups is 1. The standard InChI is InChI=1S/C20H26N2O2/c1-16(2)19(18-11-7-4-8-12-18)21-20(24)22(13-14-23)15-17-9-5-3-6-10-17/h3-12,16,19,23H,13-15H2,1-2H3,(H,21,24). The Morgan fingerprint density at radius 2 is 1.62 bits per heavy atom. The van der Waals surface area contributed by atoms with Gasteiger partial charge in [0, 0.05) is 13.1 Å². The highest BCUT2D eigenvalue weighted by Gasteiger charge is 2.21. The van der Waals surface area contributed by atoms with Crippen LogP contribution in [0.3, 0.4) is 0 Å². The summed E-state index contributed by atoms with van der Waals surface area (Å²) < 4.78 is 0. The lowest BCUT2D eigenvalue weighted by Crippen LogP contribution is -2.43. The first kappa shape index (κ1) is 18.0. The number of aliphatic hydroxyl groups is 1. The third-order valence-corrected chi connectivity index (χ3v) is 3.98. The number of urea groups is 1. The van der Waals surface area contributed by atoms with Crippen molar-refractivity contribution < 1.29 is 9.90 Å². The Morgan fingerprint density at radius 1 is 1.04 bits per heavy atom. The smallest absolute Gasteiger partial charge is 0.318 e. The zero-order chi connectivity index (χ0) is 17.4. The third-order valence-electron chi connectivity index (χ3n) is 3.98. The summed E-state index contributed by atoms with van der Waals surface area (Å²) in [7, 11) is 0. The quantitative estimate of drug-likeness (QED) is 0.817. The molecule has 0 spiro atoms. The molecule has 1 unspecified atom stereocenters. The zero-order valence-electron chi connectivity index (χ0n) is 14.4. The van der Waals surface area contributed by atoms with Gasteiger partial charge in [-0.1, -0.05) is 74.5 Å². The van der Waals surface area contributed by atoms with Gasteiger partial charge in [-0.05, 0) is 17.0 Å². The van der Waals surface area contributed by atoms with E-state index in [2.05, 4.69) is 19.2 Å². The zero-order valence-corrected chi connectivity index (χ0v) is 14.4. The molecule has 24 heavy (non-hydrogen) atoms. The van der Waals surface area contributed by atoms with Crippen LogP contribution in [0.1, 0.15) is 31.0 Å². The summed E-state index contributed by atoms with van der Waals surface area (Å²) in [6.07, 6.45) is 0. The van der Waals surface area contributed by atoms with Crippen LogP contribution in [-0.4, -0.2) is 29.2 Å². The van der Waals surface area contributed by atoms with Crippen molar-refractivity contribution in [1.29, 1.82) is 0 Å². The summed E-state index contributed by atoms with van der Waals surface area (Å²) in [5, 5.41) is 12.4. The minimum atomic E-state index is -0.157. The van der Waals surface area contributed by atoms with E-state index in [1.165, 1.54) is 0 Å². The molecule has 2 aromatic rings. The first-order valence-corrected chi connectivity index (χ1v) is 8.37. The van der Waals surface area contributed by atoms with Crippen LogP contribution in [0.5, 0.6) is 0 Å². The fourth-order valence-corrected chi connectivity index (χ4v) is 2.70. The Labute approximate surface area is 144 Å². The average molecular weight is 326 g/mol. The van der Waals surface area contributed by atoms with Crippen molar-refractivity contribution in [3.05, 3.63) is 71.8 Å². The maximum atomic E-state index is 12.7. The van der Waals surface area contributed by atoms with Gasteiger partial charge < -0.3 is 15.3 Å². The van der Waals surface area contributed by atoms with E-state index < -0.39 is 0 Å². The Balaban J connectivity index is 2.10. The number of benzene rings is 2. The molecule has 2 rings (SSSR count). The van der Waals surface area contributed by atoms with Crippen LogP contribution in [0, 0.1) is 5.92 Å². The molecule has 0 radical (unpaired) electrons. The molecule has 4 heteroatoms. The van der Waals surface area contributed by atoms with Gasteiger partial charge in [-0.3, -0.25) is 0 Å². The van der Waals surface area contributed by atoms with Crippen molar-refractivity contribution in [2.75, 3.05) is 13.2 Å². The van der Waals surface area contributed by atoms with Gasteiger partial charge in [0.2, 0.25) is 0 Å². The van der Waals surface area contributed by atoms with Crippen molar-refractivity contribution in [2.24, 2.45) is 5.92 Å². The minimum absolute atomic E-state index is 0.0576. The lowest BCUT2D eigenvalue weighted by Gasteiger charge is -2.28. The van der Waals surface area contributed by atoms with Gasteiger partial charge >= 0.3 is 6.03 Å². The number of nitrogens with one attached hydrogen (secondary N) is 1. The Kier molecular flexibility index (Phi) is 6.82. The maximum absolute atomic E-state index is 12.7. The van der Waals surface area contributed by atoms with Crippen LogP contribution in [0.4, 0.5) is 4.79 Å². The second-order valence-electron chi connectivity index (χ2n) is 6.21. The lowest BCUT2D eigenvalue weighted by molar-refractivity contribution is 0.168. The number of rotatable bonds is 7. The molecule has 0 aromatic heterocycles.